The molecule has 0 saturated carbocycles. The van der Waals surface area contributed by atoms with E-state index in [1.807, 2.05) is 33.8 Å². The molecule has 21 heavy (non-hydrogen) atoms. The number of nitrogens with one attached hydrogen (secondary N) is 1. The van der Waals surface area contributed by atoms with E-state index in [0.717, 1.165) is 0 Å². The maximum Gasteiger partial charge on any atom is 0.249 e. The van der Waals surface area contributed by atoms with E-state index in [0.29, 0.717) is 25.1 Å². The van der Waals surface area contributed by atoms with E-state index in [1.54, 1.807) is 17.2 Å². The fraction of sp³-hybridized carbons (Fsp3) is 0.625. The van der Waals surface area contributed by atoms with E-state index in [9.17, 15) is 9.59 Å². The Morgan fingerprint density at radius 3 is 2.48 bits per heavy atom. The van der Waals surface area contributed by atoms with Gasteiger partial charge >= 0.3 is 0 Å². The van der Waals surface area contributed by atoms with Crippen molar-refractivity contribution < 1.29 is 14.0 Å². The van der Waals surface area contributed by atoms with Gasteiger partial charge in [-0.15, -0.1) is 0 Å². The molecular weight excluding hydrogens is 268 g/mol. The average Bonchev–Trinajstić information content (AvgIpc) is 2.95. The molecule has 1 aromatic heterocycles. The van der Waals surface area contributed by atoms with Gasteiger partial charge in [-0.25, -0.2) is 0 Å². The summed E-state index contributed by atoms with van der Waals surface area (Å²) in [6, 6.07) is 3.17. The van der Waals surface area contributed by atoms with Crippen molar-refractivity contribution in [2.45, 2.75) is 58.7 Å². The molecule has 2 heterocycles. The van der Waals surface area contributed by atoms with Gasteiger partial charge in [0, 0.05) is 0 Å². The smallest absolute Gasteiger partial charge is 0.249 e. The molecule has 0 aromatic carbocycles. The van der Waals surface area contributed by atoms with Gasteiger partial charge < -0.3 is 14.6 Å². The quantitative estimate of drug-likeness (QED) is 0.906. The molecule has 0 spiro atoms. The maximum absolute atomic E-state index is 13.0. The molecule has 1 unspecified atom stereocenters. The second-order valence-corrected chi connectivity index (χ2v) is 5.98. The molecule has 116 valence electrons. The maximum atomic E-state index is 13.0. The van der Waals surface area contributed by atoms with Crippen molar-refractivity contribution in [3.8, 4) is 0 Å². The molecule has 1 aliphatic rings. The predicted molar refractivity (Wildman–Crippen MR) is 79.3 cm³/mol. The number of rotatable bonds is 5. The Kier molecular flexibility index (Phi) is 4.40. The summed E-state index contributed by atoms with van der Waals surface area (Å²) < 4.78 is 5.36. The highest BCUT2D eigenvalue weighted by atomic mass is 16.3. The number of nitrogens with zero attached hydrogens (tertiary/aromatic N) is 1. The number of hydrogen-bond acceptors (Lipinski definition) is 3. The summed E-state index contributed by atoms with van der Waals surface area (Å²) in [6.07, 6.45) is 2.77. The summed E-state index contributed by atoms with van der Waals surface area (Å²) in [6.45, 7) is 8.11. The molecule has 5 heteroatoms. The summed E-state index contributed by atoms with van der Waals surface area (Å²) in [5.74, 6) is 0.669. The molecule has 0 aliphatic carbocycles. The first-order chi connectivity index (χ1) is 9.95. The minimum atomic E-state index is -0.783. The fourth-order valence-electron chi connectivity index (χ4n) is 3.04. The molecule has 2 rings (SSSR count). The number of carbonyl (C=O) groups excluding carboxylic acids is 2. The Morgan fingerprint density at radius 2 is 2.00 bits per heavy atom. The van der Waals surface area contributed by atoms with Crippen molar-refractivity contribution >= 4 is 11.8 Å². The molecule has 2 amide bonds. The lowest BCUT2D eigenvalue weighted by atomic mass is 9.85. The van der Waals surface area contributed by atoms with Crippen LogP contribution in [0.3, 0.4) is 0 Å². The summed E-state index contributed by atoms with van der Waals surface area (Å²) in [5.41, 5.74) is -0.783. The third-order valence-corrected chi connectivity index (χ3v) is 4.38. The zero-order valence-corrected chi connectivity index (χ0v) is 13.2. The van der Waals surface area contributed by atoms with Crippen molar-refractivity contribution in [2.75, 3.05) is 0 Å². The van der Waals surface area contributed by atoms with E-state index in [-0.39, 0.29) is 17.7 Å². The first kappa shape index (κ1) is 15.6. The second-order valence-electron chi connectivity index (χ2n) is 5.98. The lowest BCUT2D eigenvalue weighted by Gasteiger charge is -2.46. The third-order valence-electron chi connectivity index (χ3n) is 4.38. The SMILES string of the molecule is CCC1(CC)NC(=O)C(C(C)C)N(Cc2ccco2)C1=O. The van der Waals surface area contributed by atoms with E-state index in [4.69, 9.17) is 4.42 Å². The summed E-state index contributed by atoms with van der Waals surface area (Å²) in [4.78, 5) is 27.2. The number of amides is 2. The summed E-state index contributed by atoms with van der Waals surface area (Å²) in [7, 11) is 0. The first-order valence-corrected chi connectivity index (χ1v) is 7.60. The normalized spacial score (nSPS) is 21.8. The molecule has 1 saturated heterocycles. The Balaban J connectivity index is 2.37. The largest absolute Gasteiger partial charge is 0.467 e. The first-order valence-electron chi connectivity index (χ1n) is 7.60. The van der Waals surface area contributed by atoms with Gasteiger partial charge in [-0.1, -0.05) is 27.7 Å². The molecule has 0 radical (unpaired) electrons. The number of piperazine rings is 1. The Hall–Kier alpha value is -1.78. The standard InChI is InChI=1S/C16H24N2O3/c1-5-16(6-2)15(20)18(10-12-8-7-9-21-12)13(11(3)4)14(19)17-16/h7-9,11,13H,5-6,10H2,1-4H3,(H,17,19). The molecule has 5 nitrogen and oxygen atoms in total. The van der Waals surface area contributed by atoms with Gasteiger partial charge in [0.1, 0.15) is 17.3 Å². The minimum absolute atomic E-state index is 0.0119. The van der Waals surface area contributed by atoms with Crippen LogP contribution in [0.2, 0.25) is 0 Å². The number of carbonyl (C=O) groups is 2. The fourth-order valence-corrected chi connectivity index (χ4v) is 3.04. The zero-order chi connectivity index (χ0) is 15.6. The van der Waals surface area contributed by atoms with Gasteiger partial charge in [0.05, 0.1) is 12.8 Å². The van der Waals surface area contributed by atoms with E-state index >= 15 is 0 Å². The van der Waals surface area contributed by atoms with Crippen LogP contribution in [0.1, 0.15) is 46.3 Å². The van der Waals surface area contributed by atoms with E-state index < -0.39 is 11.6 Å². The van der Waals surface area contributed by atoms with Crippen molar-refractivity contribution in [1.29, 1.82) is 0 Å². The molecule has 1 fully saturated rings. The van der Waals surface area contributed by atoms with Gasteiger partial charge in [-0.2, -0.15) is 0 Å². The molecule has 1 atom stereocenters. The van der Waals surface area contributed by atoms with Crippen LogP contribution in [-0.2, 0) is 16.1 Å². The lowest BCUT2D eigenvalue weighted by Crippen LogP contribution is -2.70. The van der Waals surface area contributed by atoms with Gasteiger partial charge in [0.15, 0.2) is 0 Å². The lowest BCUT2D eigenvalue weighted by molar-refractivity contribution is -0.158. The van der Waals surface area contributed by atoms with Crippen molar-refractivity contribution in [3.05, 3.63) is 24.2 Å². The van der Waals surface area contributed by atoms with E-state index in [1.165, 1.54) is 0 Å². The van der Waals surface area contributed by atoms with Gasteiger partial charge in [-0.3, -0.25) is 9.59 Å². The van der Waals surface area contributed by atoms with Crippen LogP contribution < -0.4 is 5.32 Å². The van der Waals surface area contributed by atoms with Crippen LogP contribution in [0, 0.1) is 5.92 Å². The van der Waals surface area contributed by atoms with Crippen molar-refractivity contribution in [1.82, 2.24) is 10.2 Å². The van der Waals surface area contributed by atoms with Crippen LogP contribution in [0.15, 0.2) is 22.8 Å². The molecule has 1 aliphatic heterocycles. The van der Waals surface area contributed by atoms with Crippen molar-refractivity contribution in [3.63, 3.8) is 0 Å². The number of hydrogen-bond donors (Lipinski definition) is 1. The van der Waals surface area contributed by atoms with E-state index in [2.05, 4.69) is 5.32 Å². The van der Waals surface area contributed by atoms with Crippen molar-refractivity contribution in [2.24, 2.45) is 5.92 Å². The highest BCUT2D eigenvalue weighted by Gasteiger charge is 2.49. The second kappa shape index (κ2) is 5.92. The highest BCUT2D eigenvalue weighted by Crippen LogP contribution is 2.29. The van der Waals surface area contributed by atoms with Crippen LogP contribution >= 0.6 is 0 Å². The average molecular weight is 292 g/mol. The molecular formula is C16H24N2O3. The van der Waals surface area contributed by atoms with Crippen LogP contribution in [-0.4, -0.2) is 28.3 Å². The molecule has 1 aromatic rings. The Labute approximate surface area is 125 Å². The van der Waals surface area contributed by atoms with Crippen LogP contribution in [0.5, 0.6) is 0 Å². The minimum Gasteiger partial charge on any atom is -0.467 e. The summed E-state index contributed by atoms with van der Waals surface area (Å²) in [5, 5.41) is 2.96. The van der Waals surface area contributed by atoms with Gasteiger partial charge in [-0.05, 0) is 30.9 Å². The predicted octanol–water partition coefficient (Wildman–Crippen LogP) is 2.32. The highest BCUT2D eigenvalue weighted by molar-refractivity contribution is 5.99. The number of furan rings is 1. The topological polar surface area (TPSA) is 62.6 Å². The Morgan fingerprint density at radius 1 is 1.33 bits per heavy atom. The third kappa shape index (κ3) is 2.69. The van der Waals surface area contributed by atoms with Crippen LogP contribution in [0.4, 0.5) is 0 Å². The Bertz CT molecular complexity index is 504. The molecule has 0 bridgehead atoms. The summed E-state index contributed by atoms with van der Waals surface area (Å²) >= 11 is 0. The van der Waals surface area contributed by atoms with Crippen LogP contribution in [0.25, 0.3) is 0 Å². The molecule has 1 N–H and O–H groups in total. The monoisotopic (exact) mass is 292 g/mol. The van der Waals surface area contributed by atoms with Gasteiger partial charge in [0.25, 0.3) is 0 Å². The van der Waals surface area contributed by atoms with Gasteiger partial charge in [0.2, 0.25) is 11.8 Å². The zero-order valence-electron chi connectivity index (χ0n) is 13.2.